The molecule has 0 bridgehead atoms. The second kappa shape index (κ2) is 10.9. The lowest BCUT2D eigenvalue weighted by molar-refractivity contribution is -0.132. The van der Waals surface area contributed by atoms with Gasteiger partial charge in [0.2, 0.25) is 21.8 Å². The van der Waals surface area contributed by atoms with Gasteiger partial charge in [-0.2, -0.15) is 4.31 Å². The molecule has 2 amide bonds. The van der Waals surface area contributed by atoms with Gasteiger partial charge < -0.3 is 16.0 Å². The van der Waals surface area contributed by atoms with Crippen LogP contribution in [0.3, 0.4) is 0 Å². The summed E-state index contributed by atoms with van der Waals surface area (Å²) in [6.45, 7) is 3.09. The SMILES string of the molecule is Cc1ccc(S(=O)(=O)N2CCNC(=O)C2CC(=O)N[C@@H]2CCCc3cc(CNC4CCC4)ccc32)cc1. The number of hydrogen-bond donors (Lipinski definition) is 3. The fourth-order valence-electron chi connectivity index (χ4n) is 5.45. The topological polar surface area (TPSA) is 108 Å². The maximum absolute atomic E-state index is 13.3. The summed E-state index contributed by atoms with van der Waals surface area (Å²) in [6.07, 6.45) is 6.36. The van der Waals surface area contributed by atoms with E-state index in [0.717, 1.165) is 36.9 Å². The molecule has 1 aliphatic heterocycles. The van der Waals surface area contributed by atoms with Gasteiger partial charge in [0.25, 0.3) is 0 Å². The fourth-order valence-corrected chi connectivity index (χ4v) is 7.04. The molecule has 2 atom stereocenters. The van der Waals surface area contributed by atoms with Crippen LogP contribution < -0.4 is 16.0 Å². The minimum absolute atomic E-state index is 0.127. The minimum Gasteiger partial charge on any atom is -0.353 e. The van der Waals surface area contributed by atoms with E-state index in [1.165, 1.54) is 34.7 Å². The van der Waals surface area contributed by atoms with Gasteiger partial charge >= 0.3 is 0 Å². The predicted octanol–water partition coefficient (Wildman–Crippen LogP) is 2.71. The van der Waals surface area contributed by atoms with Crippen LogP contribution in [-0.2, 0) is 32.6 Å². The van der Waals surface area contributed by atoms with Crippen molar-refractivity contribution in [1.82, 2.24) is 20.3 Å². The summed E-state index contributed by atoms with van der Waals surface area (Å²) in [6, 6.07) is 12.4. The number of rotatable bonds is 8. The number of carbonyl (C=O) groups excluding carboxylic acids is 2. The molecule has 3 N–H and O–H groups in total. The van der Waals surface area contributed by atoms with Gasteiger partial charge in [-0.15, -0.1) is 0 Å². The highest BCUT2D eigenvalue weighted by Gasteiger charge is 2.40. The van der Waals surface area contributed by atoms with Crippen molar-refractivity contribution < 1.29 is 18.0 Å². The molecule has 5 rings (SSSR count). The van der Waals surface area contributed by atoms with E-state index in [2.05, 4.69) is 34.1 Å². The second-order valence-electron chi connectivity index (χ2n) is 10.5. The van der Waals surface area contributed by atoms with Gasteiger partial charge in [0.15, 0.2) is 0 Å². The van der Waals surface area contributed by atoms with E-state index >= 15 is 0 Å². The first-order valence-corrected chi connectivity index (χ1v) is 14.8. The number of nitrogens with one attached hydrogen (secondary N) is 3. The Morgan fingerprint density at radius 3 is 2.59 bits per heavy atom. The molecule has 3 aliphatic rings. The largest absolute Gasteiger partial charge is 0.353 e. The molecule has 2 aliphatic carbocycles. The van der Waals surface area contributed by atoms with Gasteiger partial charge in [-0.1, -0.05) is 42.3 Å². The van der Waals surface area contributed by atoms with E-state index in [-0.39, 0.29) is 36.4 Å². The van der Waals surface area contributed by atoms with Crippen LogP contribution in [0.5, 0.6) is 0 Å². The fraction of sp³-hybridized carbons (Fsp3) is 0.500. The zero-order chi connectivity index (χ0) is 26.0. The molecular formula is C28H36N4O4S. The molecule has 9 heteroatoms. The zero-order valence-electron chi connectivity index (χ0n) is 21.3. The molecule has 0 radical (unpaired) electrons. The van der Waals surface area contributed by atoms with Crippen molar-refractivity contribution >= 4 is 21.8 Å². The van der Waals surface area contributed by atoms with Crippen LogP contribution in [0.4, 0.5) is 0 Å². The van der Waals surface area contributed by atoms with Crippen molar-refractivity contribution in [2.45, 2.75) is 81.4 Å². The van der Waals surface area contributed by atoms with Gasteiger partial charge in [0, 0.05) is 25.7 Å². The zero-order valence-corrected chi connectivity index (χ0v) is 22.1. The molecule has 1 saturated carbocycles. The average Bonchev–Trinajstić information content (AvgIpc) is 2.84. The van der Waals surface area contributed by atoms with E-state index in [1.807, 2.05) is 6.92 Å². The van der Waals surface area contributed by atoms with Crippen LogP contribution in [0, 0.1) is 6.92 Å². The number of amides is 2. The van der Waals surface area contributed by atoms with Crippen LogP contribution in [0.15, 0.2) is 47.4 Å². The highest BCUT2D eigenvalue weighted by molar-refractivity contribution is 7.89. The monoisotopic (exact) mass is 524 g/mol. The summed E-state index contributed by atoms with van der Waals surface area (Å²) in [7, 11) is -3.92. The highest BCUT2D eigenvalue weighted by Crippen LogP contribution is 2.31. The average molecular weight is 525 g/mol. The highest BCUT2D eigenvalue weighted by atomic mass is 32.2. The van der Waals surface area contributed by atoms with E-state index in [1.54, 1.807) is 24.3 Å². The summed E-state index contributed by atoms with van der Waals surface area (Å²) in [5.74, 6) is -0.760. The van der Waals surface area contributed by atoms with Crippen molar-refractivity contribution in [3.63, 3.8) is 0 Å². The Kier molecular flexibility index (Phi) is 7.65. The van der Waals surface area contributed by atoms with E-state index in [9.17, 15) is 18.0 Å². The van der Waals surface area contributed by atoms with Crippen molar-refractivity contribution in [1.29, 1.82) is 0 Å². The van der Waals surface area contributed by atoms with Gasteiger partial charge in [-0.05, 0) is 67.9 Å². The van der Waals surface area contributed by atoms with E-state index in [4.69, 9.17) is 0 Å². The molecule has 2 aromatic carbocycles. The summed E-state index contributed by atoms with van der Waals surface area (Å²) >= 11 is 0. The quantitative estimate of drug-likeness (QED) is 0.492. The van der Waals surface area contributed by atoms with Gasteiger partial charge in [-0.3, -0.25) is 9.59 Å². The molecule has 37 heavy (non-hydrogen) atoms. The van der Waals surface area contributed by atoms with Gasteiger partial charge in [0.1, 0.15) is 6.04 Å². The molecule has 198 valence electrons. The third-order valence-corrected chi connectivity index (χ3v) is 9.77. The van der Waals surface area contributed by atoms with Crippen LogP contribution in [0.25, 0.3) is 0 Å². The summed E-state index contributed by atoms with van der Waals surface area (Å²) in [5, 5.41) is 9.42. The first kappa shape index (κ1) is 25.9. The number of piperazine rings is 1. The second-order valence-corrected chi connectivity index (χ2v) is 12.4. The normalized spacial score (nSPS) is 22.6. The number of benzene rings is 2. The Morgan fingerprint density at radius 1 is 1.08 bits per heavy atom. The Balaban J connectivity index is 1.27. The first-order chi connectivity index (χ1) is 17.8. The van der Waals surface area contributed by atoms with Gasteiger partial charge in [0.05, 0.1) is 17.4 Å². The maximum Gasteiger partial charge on any atom is 0.243 e. The maximum atomic E-state index is 13.3. The molecular weight excluding hydrogens is 488 g/mol. The lowest BCUT2D eigenvalue weighted by Crippen LogP contribution is -2.58. The Labute approximate surface area is 219 Å². The predicted molar refractivity (Wildman–Crippen MR) is 141 cm³/mol. The standard InChI is InChI=1S/C28H36N4O4S/c1-19-8-11-23(12-9-19)37(35,36)32-15-14-29-28(34)26(32)17-27(33)31-25-7-2-4-21-16-20(10-13-24(21)25)18-30-22-5-3-6-22/h8-13,16,22,25-26,30H,2-7,14-15,17-18H2,1H3,(H,29,34)(H,31,33)/t25-,26?/m1/s1. The van der Waals surface area contributed by atoms with Crippen molar-refractivity contribution in [3.05, 3.63) is 64.7 Å². The Morgan fingerprint density at radius 2 is 1.86 bits per heavy atom. The summed E-state index contributed by atoms with van der Waals surface area (Å²) < 4.78 is 27.9. The molecule has 1 heterocycles. The number of hydrogen-bond acceptors (Lipinski definition) is 5. The van der Waals surface area contributed by atoms with Crippen molar-refractivity contribution in [2.24, 2.45) is 0 Å². The van der Waals surface area contributed by atoms with Gasteiger partial charge in [-0.25, -0.2) is 8.42 Å². The lowest BCUT2D eigenvalue weighted by atomic mass is 9.86. The van der Waals surface area contributed by atoms with Crippen molar-refractivity contribution in [3.8, 4) is 0 Å². The number of fused-ring (bicyclic) bond motifs is 1. The first-order valence-electron chi connectivity index (χ1n) is 13.3. The molecule has 0 aromatic heterocycles. The number of carbonyl (C=O) groups is 2. The molecule has 2 aromatic rings. The molecule has 1 saturated heterocycles. The lowest BCUT2D eigenvalue weighted by Gasteiger charge is -2.34. The Bertz CT molecular complexity index is 1260. The minimum atomic E-state index is -3.92. The number of nitrogens with zero attached hydrogens (tertiary/aromatic N) is 1. The van der Waals surface area contributed by atoms with E-state index < -0.39 is 22.0 Å². The van der Waals surface area contributed by atoms with E-state index in [0.29, 0.717) is 6.04 Å². The van der Waals surface area contributed by atoms with Crippen LogP contribution in [0.2, 0.25) is 0 Å². The summed E-state index contributed by atoms with van der Waals surface area (Å²) in [5.41, 5.74) is 4.57. The third kappa shape index (κ3) is 5.73. The van der Waals surface area contributed by atoms with Crippen molar-refractivity contribution in [2.75, 3.05) is 13.1 Å². The summed E-state index contributed by atoms with van der Waals surface area (Å²) in [4.78, 5) is 26.0. The third-order valence-electron chi connectivity index (χ3n) is 7.84. The van der Waals surface area contributed by atoms with Crippen LogP contribution in [0.1, 0.15) is 66.8 Å². The molecule has 0 spiro atoms. The smallest absolute Gasteiger partial charge is 0.243 e. The molecule has 1 unspecified atom stereocenters. The Hall–Kier alpha value is -2.75. The van der Waals surface area contributed by atoms with Crippen LogP contribution in [-0.4, -0.2) is 49.7 Å². The molecule has 2 fully saturated rings. The molecule has 8 nitrogen and oxygen atoms in total. The number of sulfonamides is 1. The number of aryl methyl sites for hydroxylation is 2. The van der Waals surface area contributed by atoms with Crippen LogP contribution >= 0.6 is 0 Å².